The lowest BCUT2D eigenvalue weighted by atomic mass is 9.91. The molecule has 0 amide bonds. The second-order valence-corrected chi connectivity index (χ2v) is 10.8. The number of hydrogen-bond donors (Lipinski definition) is 1. The van der Waals surface area contributed by atoms with Crippen molar-refractivity contribution in [1.29, 1.82) is 0 Å². The Morgan fingerprint density at radius 3 is 1.88 bits per heavy atom. The Bertz CT molecular complexity index is 1640. The Morgan fingerprint density at radius 2 is 1.25 bits per heavy atom. The Kier molecular flexibility index (Phi) is 6.96. The van der Waals surface area contributed by atoms with Gasteiger partial charge in [0.25, 0.3) is 0 Å². The fourth-order valence-electron chi connectivity index (χ4n) is 6.34. The van der Waals surface area contributed by atoms with E-state index in [0.717, 1.165) is 16.7 Å². The summed E-state index contributed by atoms with van der Waals surface area (Å²) in [5.74, 6) is 0.339. The average molecular weight is 524 g/mol. The smallest absolute Gasteiger partial charge is 0.240 e. The lowest BCUT2D eigenvalue weighted by Crippen LogP contribution is -2.27. The normalized spacial score (nSPS) is 16.7. The molecule has 1 aliphatic heterocycles. The first kappa shape index (κ1) is 25.6. The molecule has 1 aliphatic rings. The quantitative estimate of drug-likeness (QED) is 0.226. The first-order valence-corrected chi connectivity index (χ1v) is 13.9. The van der Waals surface area contributed by atoms with Crippen LogP contribution >= 0.6 is 0 Å². The summed E-state index contributed by atoms with van der Waals surface area (Å²) in [6.45, 7) is 7.16. The molecule has 198 valence electrons. The molecule has 0 unspecified atom stereocenters. The third-order valence-electron chi connectivity index (χ3n) is 7.96. The molecule has 0 saturated heterocycles. The van der Waals surface area contributed by atoms with E-state index in [1.54, 1.807) is 0 Å². The van der Waals surface area contributed by atoms with Crippen molar-refractivity contribution >= 4 is 12.0 Å². The van der Waals surface area contributed by atoms with Crippen molar-refractivity contribution in [1.82, 2.24) is 0 Å². The van der Waals surface area contributed by atoms with Gasteiger partial charge in [0.15, 0.2) is 12.1 Å². The van der Waals surface area contributed by atoms with Gasteiger partial charge < -0.3 is 5.11 Å². The van der Waals surface area contributed by atoms with Gasteiger partial charge in [-0.1, -0.05) is 127 Å². The van der Waals surface area contributed by atoms with Crippen molar-refractivity contribution in [2.45, 2.75) is 39.4 Å². The second-order valence-electron chi connectivity index (χ2n) is 10.8. The number of hydrogen-bond acceptors (Lipinski definition) is 2. The number of aryl methyl sites for hydroxylation is 3. The first-order valence-electron chi connectivity index (χ1n) is 13.9. The van der Waals surface area contributed by atoms with E-state index in [1.165, 1.54) is 33.5 Å². The standard InChI is InChI=1S/C37H34N2O/c1-26-22-27(2)34(28(3)23-26)39-25-38(24-32-20-13-21-33(37(32)40)29-14-7-4-8-15-29)35(30-16-9-5-10-17-30)36(39)31-18-11-6-12-19-31/h4-23,25,35-36H,24H2,1-3H3/p+1/t35-,36-/m1/s1. The molecule has 5 aromatic rings. The van der Waals surface area contributed by atoms with E-state index in [4.69, 9.17) is 0 Å². The zero-order valence-corrected chi connectivity index (χ0v) is 23.3. The van der Waals surface area contributed by atoms with Crippen LogP contribution in [0, 0.1) is 20.8 Å². The fourth-order valence-corrected chi connectivity index (χ4v) is 6.34. The van der Waals surface area contributed by atoms with Crippen molar-refractivity contribution in [3.05, 3.63) is 155 Å². The molecule has 3 heteroatoms. The van der Waals surface area contributed by atoms with Crippen LogP contribution in [0.3, 0.4) is 0 Å². The lowest BCUT2D eigenvalue weighted by Gasteiger charge is -2.26. The largest absolute Gasteiger partial charge is 0.507 e. The first-order chi connectivity index (χ1) is 19.5. The molecule has 0 fully saturated rings. The zero-order chi connectivity index (χ0) is 27.6. The van der Waals surface area contributed by atoms with Crippen LogP contribution in [0.15, 0.2) is 121 Å². The molecule has 1 heterocycles. The van der Waals surface area contributed by atoms with Gasteiger partial charge in [0, 0.05) is 22.3 Å². The van der Waals surface area contributed by atoms with Crippen molar-refractivity contribution in [2.24, 2.45) is 0 Å². The highest BCUT2D eigenvalue weighted by molar-refractivity contribution is 5.83. The number of benzene rings is 5. The van der Waals surface area contributed by atoms with Gasteiger partial charge in [-0.2, -0.15) is 0 Å². The highest BCUT2D eigenvalue weighted by Gasteiger charge is 2.46. The molecule has 6 rings (SSSR count). The molecule has 0 spiro atoms. The molecule has 0 bridgehead atoms. The van der Waals surface area contributed by atoms with Gasteiger partial charge in [0.2, 0.25) is 6.34 Å². The van der Waals surface area contributed by atoms with E-state index in [9.17, 15) is 5.11 Å². The number of anilines is 1. The predicted molar refractivity (Wildman–Crippen MR) is 165 cm³/mol. The van der Waals surface area contributed by atoms with Gasteiger partial charge in [0.1, 0.15) is 18.0 Å². The van der Waals surface area contributed by atoms with Crippen LogP contribution in [0.2, 0.25) is 0 Å². The molecule has 1 N–H and O–H groups in total. The Balaban J connectivity index is 1.52. The van der Waals surface area contributed by atoms with Crippen LogP contribution < -0.4 is 4.90 Å². The highest BCUT2D eigenvalue weighted by Crippen LogP contribution is 2.45. The van der Waals surface area contributed by atoms with E-state index >= 15 is 0 Å². The molecule has 2 atom stereocenters. The van der Waals surface area contributed by atoms with Crippen LogP contribution in [0.25, 0.3) is 11.1 Å². The number of rotatable bonds is 6. The van der Waals surface area contributed by atoms with E-state index in [0.29, 0.717) is 12.3 Å². The molecule has 5 aromatic carbocycles. The second kappa shape index (κ2) is 10.9. The average Bonchev–Trinajstić information content (AvgIpc) is 3.33. The Hall–Kier alpha value is -4.63. The summed E-state index contributed by atoms with van der Waals surface area (Å²) in [5, 5.41) is 11.5. The van der Waals surface area contributed by atoms with Gasteiger partial charge in [0.05, 0.1) is 0 Å². The molecule has 0 saturated carbocycles. The van der Waals surface area contributed by atoms with Crippen molar-refractivity contribution in [3.63, 3.8) is 0 Å². The molecule has 0 aliphatic carbocycles. The number of nitrogens with zero attached hydrogens (tertiary/aromatic N) is 2. The number of phenolic OH excluding ortho intramolecular Hbond substituents is 1. The summed E-state index contributed by atoms with van der Waals surface area (Å²) in [4.78, 5) is 2.45. The zero-order valence-electron chi connectivity index (χ0n) is 23.3. The summed E-state index contributed by atoms with van der Waals surface area (Å²) < 4.78 is 2.40. The van der Waals surface area contributed by atoms with Crippen LogP contribution in [0.1, 0.15) is 45.5 Å². The number of aromatic hydroxyl groups is 1. The summed E-state index contributed by atoms with van der Waals surface area (Å²) in [6.07, 6.45) is 2.27. The highest BCUT2D eigenvalue weighted by atomic mass is 16.3. The summed E-state index contributed by atoms with van der Waals surface area (Å²) >= 11 is 0. The fraction of sp³-hybridized carbons (Fsp3) is 0.162. The minimum Gasteiger partial charge on any atom is -0.507 e. The van der Waals surface area contributed by atoms with Gasteiger partial charge in [-0.05, 0) is 37.5 Å². The minimum absolute atomic E-state index is 0.0449. The van der Waals surface area contributed by atoms with Gasteiger partial charge in [-0.25, -0.2) is 4.90 Å². The maximum Gasteiger partial charge on any atom is 0.240 e. The Morgan fingerprint density at radius 1 is 0.675 bits per heavy atom. The predicted octanol–water partition coefficient (Wildman–Crippen LogP) is 8.53. The van der Waals surface area contributed by atoms with Crippen LogP contribution in [-0.4, -0.2) is 16.0 Å². The van der Waals surface area contributed by atoms with E-state index < -0.39 is 0 Å². The van der Waals surface area contributed by atoms with Crippen molar-refractivity contribution in [2.75, 3.05) is 4.90 Å². The van der Waals surface area contributed by atoms with Crippen LogP contribution in [0.5, 0.6) is 5.75 Å². The van der Waals surface area contributed by atoms with Crippen molar-refractivity contribution < 1.29 is 9.68 Å². The lowest BCUT2D eigenvalue weighted by molar-refractivity contribution is -0.578. The van der Waals surface area contributed by atoms with E-state index in [-0.39, 0.29) is 12.1 Å². The Labute approximate surface area is 237 Å². The third kappa shape index (κ3) is 4.80. The maximum absolute atomic E-state index is 11.5. The van der Waals surface area contributed by atoms with Crippen molar-refractivity contribution in [3.8, 4) is 16.9 Å². The molecular weight excluding hydrogens is 488 g/mol. The summed E-state index contributed by atoms with van der Waals surface area (Å²) in [7, 11) is 0. The van der Waals surface area contributed by atoms with Crippen LogP contribution in [0.4, 0.5) is 5.69 Å². The molecule has 0 radical (unpaired) electrons. The molecular formula is C37H35N2O+. The SMILES string of the molecule is Cc1cc(C)c(N2C=[N+](Cc3cccc(-c4ccccc4)c3O)[C@H](c3ccccc3)[C@H]2c2ccccc2)c(C)c1. The van der Waals surface area contributed by atoms with E-state index in [2.05, 4.69) is 109 Å². The molecule has 40 heavy (non-hydrogen) atoms. The number of para-hydroxylation sites is 1. The van der Waals surface area contributed by atoms with Crippen LogP contribution in [-0.2, 0) is 6.54 Å². The maximum atomic E-state index is 11.5. The van der Waals surface area contributed by atoms with Gasteiger partial charge in [-0.3, -0.25) is 4.58 Å². The molecule has 3 nitrogen and oxygen atoms in total. The van der Waals surface area contributed by atoms with E-state index in [1.807, 2.05) is 48.5 Å². The molecule has 0 aromatic heterocycles. The topological polar surface area (TPSA) is 26.5 Å². The number of phenols is 1. The monoisotopic (exact) mass is 523 g/mol. The van der Waals surface area contributed by atoms with Gasteiger partial charge >= 0.3 is 0 Å². The summed E-state index contributed by atoms with van der Waals surface area (Å²) in [5.41, 5.74) is 10.3. The summed E-state index contributed by atoms with van der Waals surface area (Å²) in [6, 6.07) is 42.4. The van der Waals surface area contributed by atoms with Gasteiger partial charge in [-0.15, -0.1) is 0 Å². The minimum atomic E-state index is 0.0449. The third-order valence-corrected chi connectivity index (χ3v) is 7.96.